The van der Waals surface area contributed by atoms with Crippen LogP contribution in [0.4, 0.5) is 10.2 Å². The molecule has 0 atom stereocenters. The van der Waals surface area contributed by atoms with E-state index < -0.39 is 5.82 Å². The van der Waals surface area contributed by atoms with Gasteiger partial charge in [0, 0.05) is 11.8 Å². The number of hydrogen-bond acceptors (Lipinski definition) is 2. The van der Waals surface area contributed by atoms with Crippen LogP contribution in [0, 0.1) is 5.82 Å². The van der Waals surface area contributed by atoms with Gasteiger partial charge in [-0.05, 0) is 62.2 Å². The van der Waals surface area contributed by atoms with Gasteiger partial charge < -0.3 is 5.32 Å². The predicted molar refractivity (Wildman–Crippen MR) is 74.0 cm³/mol. The molecule has 1 aromatic heterocycles. The number of anilines is 1. The number of amides is 1. The largest absolute Gasteiger partial charge is 0.306 e. The first-order valence-electron chi connectivity index (χ1n) is 4.95. The summed E-state index contributed by atoms with van der Waals surface area (Å²) in [6, 6.07) is 7.57. The summed E-state index contributed by atoms with van der Waals surface area (Å²) in [5.74, 6) is -0.344. The third kappa shape index (κ3) is 2.94. The number of aromatic nitrogens is 1. The van der Waals surface area contributed by atoms with Gasteiger partial charge in [-0.3, -0.25) is 4.79 Å². The first-order valence-corrected chi connectivity index (χ1v) is 6.53. The van der Waals surface area contributed by atoms with E-state index in [2.05, 4.69) is 42.2 Å². The summed E-state index contributed by atoms with van der Waals surface area (Å²) in [6.07, 6.45) is 1.57. The first kappa shape index (κ1) is 13.2. The monoisotopic (exact) mass is 372 g/mol. The van der Waals surface area contributed by atoms with Gasteiger partial charge in [0.2, 0.25) is 0 Å². The maximum Gasteiger partial charge on any atom is 0.256 e. The van der Waals surface area contributed by atoms with Gasteiger partial charge in [0.05, 0.1) is 8.95 Å². The summed E-state index contributed by atoms with van der Waals surface area (Å²) < 4.78 is 14.0. The molecule has 0 unspecified atom stereocenters. The summed E-state index contributed by atoms with van der Waals surface area (Å²) in [5, 5.41) is 2.63. The van der Waals surface area contributed by atoms with Gasteiger partial charge in [-0.1, -0.05) is 0 Å². The number of halogens is 3. The second kappa shape index (κ2) is 5.58. The van der Waals surface area contributed by atoms with Crippen molar-refractivity contribution in [2.45, 2.75) is 0 Å². The number of rotatable bonds is 2. The minimum Gasteiger partial charge on any atom is -0.306 e. The van der Waals surface area contributed by atoms with Crippen LogP contribution in [0.15, 0.2) is 45.5 Å². The van der Waals surface area contributed by atoms with E-state index in [9.17, 15) is 9.18 Å². The van der Waals surface area contributed by atoms with Crippen molar-refractivity contribution >= 4 is 43.6 Å². The minimum atomic E-state index is -0.412. The average Bonchev–Trinajstić information content (AvgIpc) is 2.35. The van der Waals surface area contributed by atoms with Crippen LogP contribution < -0.4 is 5.32 Å². The molecule has 18 heavy (non-hydrogen) atoms. The fourth-order valence-corrected chi connectivity index (χ4v) is 2.03. The molecule has 6 heteroatoms. The molecule has 0 aliphatic heterocycles. The predicted octanol–water partition coefficient (Wildman–Crippen LogP) is 4.00. The Morgan fingerprint density at radius 3 is 2.67 bits per heavy atom. The molecule has 0 saturated carbocycles. The molecule has 3 nitrogen and oxygen atoms in total. The number of pyridine rings is 1. The lowest BCUT2D eigenvalue weighted by atomic mass is 10.2. The van der Waals surface area contributed by atoms with E-state index in [1.165, 1.54) is 18.2 Å². The molecule has 0 fully saturated rings. The molecule has 1 heterocycles. The Hall–Kier alpha value is -1.27. The molecule has 2 aromatic rings. The van der Waals surface area contributed by atoms with Crippen LogP contribution >= 0.6 is 31.9 Å². The van der Waals surface area contributed by atoms with Gasteiger partial charge in [0.15, 0.2) is 0 Å². The van der Waals surface area contributed by atoms with E-state index in [0.29, 0.717) is 15.9 Å². The third-order valence-electron chi connectivity index (χ3n) is 2.17. The highest BCUT2D eigenvalue weighted by atomic mass is 79.9. The van der Waals surface area contributed by atoms with Crippen LogP contribution in [-0.2, 0) is 0 Å². The van der Waals surface area contributed by atoms with E-state index in [0.717, 1.165) is 0 Å². The maximum atomic E-state index is 13.1. The maximum absolute atomic E-state index is 13.1. The second-order valence-corrected chi connectivity index (χ2v) is 5.13. The van der Waals surface area contributed by atoms with Crippen molar-refractivity contribution in [2.24, 2.45) is 0 Å². The molecular formula is C12H7Br2FN2O. The normalized spacial score (nSPS) is 10.2. The number of benzene rings is 1. The fourth-order valence-electron chi connectivity index (χ4n) is 1.29. The SMILES string of the molecule is O=C(Nc1ncccc1Br)c1ccc(F)c(Br)c1. The highest BCUT2D eigenvalue weighted by Gasteiger charge is 2.10. The fraction of sp³-hybridized carbons (Fsp3) is 0. The lowest BCUT2D eigenvalue weighted by Crippen LogP contribution is -2.13. The van der Waals surface area contributed by atoms with Crippen LogP contribution in [-0.4, -0.2) is 10.9 Å². The molecule has 0 radical (unpaired) electrons. The molecule has 1 N–H and O–H groups in total. The number of carbonyl (C=O) groups is 1. The Kier molecular flexibility index (Phi) is 4.08. The molecule has 0 spiro atoms. The van der Waals surface area contributed by atoms with Crippen molar-refractivity contribution in [1.29, 1.82) is 0 Å². The zero-order valence-electron chi connectivity index (χ0n) is 8.95. The second-order valence-electron chi connectivity index (χ2n) is 3.42. The van der Waals surface area contributed by atoms with Crippen LogP contribution in [0.2, 0.25) is 0 Å². The minimum absolute atomic E-state index is 0.246. The lowest BCUT2D eigenvalue weighted by Gasteiger charge is -2.06. The zero-order valence-corrected chi connectivity index (χ0v) is 12.1. The molecule has 92 valence electrons. The Morgan fingerprint density at radius 2 is 2.00 bits per heavy atom. The van der Waals surface area contributed by atoms with Crippen molar-refractivity contribution in [1.82, 2.24) is 4.98 Å². The van der Waals surface area contributed by atoms with Gasteiger partial charge in [-0.15, -0.1) is 0 Å². The summed E-state index contributed by atoms with van der Waals surface area (Å²) in [4.78, 5) is 15.9. The van der Waals surface area contributed by atoms with Crippen molar-refractivity contribution in [3.63, 3.8) is 0 Å². The smallest absolute Gasteiger partial charge is 0.256 e. The van der Waals surface area contributed by atoms with E-state index in [-0.39, 0.29) is 10.4 Å². The van der Waals surface area contributed by atoms with E-state index >= 15 is 0 Å². The third-order valence-corrected chi connectivity index (χ3v) is 3.42. The van der Waals surface area contributed by atoms with Crippen LogP contribution in [0.5, 0.6) is 0 Å². The molecule has 0 saturated heterocycles. The van der Waals surface area contributed by atoms with Gasteiger partial charge in [0.1, 0.15) is 11.6 Å². The number of nitrogens with zero attached hydrogens (tertiary/aromatic N) is 1. The summed E-state index contributed by atoms with van der Waals surface area (Å²) in [6.45, 7) is 0. The molecule has 1 aromatic carbocycles. The van der Waals surface area contributed by atoms with Crippen LogP contribution in [0.1, 0.15) is 10.4 Å². The Balaban J connectivity index is 2.22. The summed E-state index contributed by atoms with van der Waals surface area (Å²) in [5.41, 5.74) is 0.348. The highest BCUT2D eigenvalue weighted by molar-refractivity contribution is 9.10. The van der Waals surface area contributed by atoms with Crippen molar-refractivity contribution < 1.29 is 9.18 Å². The summed E-state index contributed by atoms with van der Waals surface area (Å²) in [7, 11) is 0. The van der Waals surface area contributed by atoms with Crippen LogP contribution in [0.3, 0.4) is 0 Å². The lowest BCUT2D eigenvalue weighted by molar-refractivity contribution is 0.102. The Bertz CT molecular complexity index is 604. The van der Waals surface area contributed by atoms with Gasteiger partial charge >= 0.3 is 0 Å². The zero-order chi connectivity index (χ0) is 13.1. The Labute approximate surface area is 120 Å². The molecule has 0 aliphatic carbocycles. The van der Waals surface area contributed by atoms with Gasteiger partial charge in [0.25, 0.3) is 5.91 Å². The molecule has 1 amide bonds. The number of nitrogens with one attached hydrogen (secondary N) is 1. The number of carbonyl (C=O) groups excluding carboxylic acids is 1. The summed E-state index contributed by atoms with van der Waals surface area (Å²) >= 11 is 6.31. The van der Waals surface area contributed by atoms with Gasteiger partial charge in [-0.25, -0.2) is 9.37 Å². The molecule has 0 aliphatic rings. The van der Waals surface area contributed by atoms with Crippen molar-refractivity contribution in [3.8, 4) is 0 Å². The highest BCUT2D eigenvalue weighted by Crippen LogP contribution is 2.21. The quantitative estimate of drug-likeness (QED) is 0.864. The van der Waals surface area contributed by atoms with Gasteiger partial charge in [-0.2, -0.15) is 0 Å². The Morgan fingerprint density at radius 1 is 1.22 bits per heavy atom. The molecular weight excluding hydrogens is 367 g/mol. The van der Waals surface area contributed by atoms with Crippen molar-refractivity contribution in [3.05, 3.63) is 56.9 Å². The van der Waals surface area contributed by atoms with Crippen LogP contribution in [0.25, 0.3) is 0 Å². The number of hydrogen-bond donors (Lipinski definition) is 1. The van der Waals surface area contributed by atoms with E-state index in [1.807, 2.05) is 0 Å². The van der Waals surface area contributed by atoms with E-state index in [4.69, 9.17) is 0 Å². The molecule has 2 rings (SSSR count). The standard InChI is InChI=1S/C12H7Br2FN2O/c13-8-2-1-5-16-11(8)17-12(18)7-3-4-10(15)9(14)6-7/h1-6H,(H,16,17,18). The van der Waals surface area contributed by atoms with Crippen molar-refractivity contribution in [2.75, 3.05) is 5.32 Å². The average molecular weight is 374 g/mol. The topological polar surface area (TPSA) is 42.0 Å². The molecule has 0 bridgehead atoms. The first-order chi connectivity index (χ1) is 8.58. The van der Waals surface area contributed by atoms with E-state index in [1.54, 1.807) is 18.3 Å².